The fraction of sp³-hybridized carbons (Fsp3) is 0.348. The van der Waals surface area contributed by atoms with E-state index in [2.05, 4.69) is 32.0 Å². The van der Waals surface area contributed by atoms with Crippen molar-refractivity contribution < 1.29 is 9.90 Å². The average Bonchev–Trinajstić information content (AvgIpc) is 3.41. The minimum Gasteiger partial charge on any atom is -0.481 e. The molecular weight excluding hydrogens is 352 g/mol. The van der Waals surface area contributed by atoms with Crippen molar-refractivity contribution in [2.24, 2.45) is 5.41 Å². The van der Waals surface area contributed by atoms with Gasteiger partial charge in [0.25, 0.3) is 5.56 Å². The van der Waals surface area contributed by atoms with Crippen LogP contribution >= 0.6 is 0 Å². The molecule has 0 bridgehead atoms. The minimum absolute atomic E-state index is 0.107. The fourth-order valence-corrected chi connectivity index (χ4v) is 4.04. The molecule has 1 aromatic carbocycles. The smallest absolute Gasteiger partial charge is 0.315 e. The first-order valence-electron chi connectivity index (χ1n) is 9.71. The molecule has 1 aliphatic carbocycles. The maximum atomic E-state index is 13.2. The SMILES string of the molecule is CCCc1c(/C=C/c2cc(C)ccc2C)nc2n(c1=O)C1CC1(C(=O)O)C=C2. The molecular formula is C23H24N2O3. The van der Waals surface area contributed by atoms with Gasteiger partial charge in [0.1, 0.15) is 11.2 Å². The number of fused-ring (bicyclic) bond motifs is 3. The van der Waals surface area contributed by atoms with E-state index in [0.717, 1.165) is 17.5 Å². The summed E-state index contributed by atoms with van der Waals surface area (Å²) in [4.78, 5) is 29.6. The van der Waals surface area contributed by atoms with E-state index in [1.165, 1.54) is 5.56 Å². The van der Waals surface area contributed by atoms with E-state index in [4.69, 9.17) is 4.98 Å². The van der Waals surface area contributed by atoms with Gasteiger partial charge in [-0.05, 0) is 50.0 Å². The van der Waals surface area contributed by atoms with Crippen LogP contribution in [0.25, 0.3) is 18.2 Å². The molecule has 0 amide bonds. The van der Waals surface area contributed by atoms with E-state index >= 15 is 0 Å². The van der Waals surface area contributed by atoms with Gasteiger partial charge in [0, 0.05) is 5.56 Å². The quantitative estimate of drug-likeness (QED) is 0.855. The zero-order chi connectivity index (χ0) is 20.1. The highest BCUT2D eigenvalue weighted by atomic mass is 16.4. The standard InChI is InChI=1S/C23H24N2O3/c1-4-5-17-18(9-8-16-12-14(2)6-7-15(16)3)24-20-10-11-23(22(27)28)13-19(23)25(20)21(17)26/h6-12,19H,4-5,13H2,1-3H3,(H,27,28)/b9-8+. The first-order chi connectivity index (χ1) is 13.4. The van der Waals surface area contributed by atoms with Crippen LogP contribution in [0.1, 0.15) is 59.6 Å². The van der Waals surface area contributed by atoms with Gasteiger partial charge in [-0.15, -0.1) is 0 Å². The molecule has 1 saturated carbocycles. The van der Waals surface area contributed by atoms with Crippen LogP contribution in [0.2, 0.25) is 0 Å². The second-order valence-corrected chi connectivity index (χ2v) is 7.85. The van der Waals surface area contributed by atoms with Crippen LogP contribution in [0, 0.1) is 19.3 Å². The van der Waals surface area contributed by atoms with Crippen molar-refractivity contribution in [2.75, 3.05) is 0 Å². The van der Waals surface area contributed by atoms with E-state index < -0.39 is 11.4 Å². The summed E-state index contributed by atoms with van der Waals surface area (Å²) >= 11 is 0. The molecule has 2 aromatic rings. The second kappa shape index (κ2) is 6.59. The van der Waals surface area contributed by atoms with Gasteiger partial charge in [-0.1, -0.05) is 49.3 Å². The number of aromatic nitrogens is 2. The largest absolute Gasteiger partial charge is 0.481 e. The number of carboxylic acids is 1. The van der Waals surface area contributed by atoms with Crippen molar-refractivity contribution in [3.05, 3.63) is 68.4 Å². The molecule has 0 spiro atoms. The lowest BCUT2D eigenvalue weighted by atomic mass is 10.0. The molecule has 28 heavy (non-hydrogen) atoms. The number of carbonyl (C=O) groups is 1. The van der Waals surface area contributed by atoms with Gasteiger partial charge in [0.05, 0.1) is 11.7 Å². The molecule has 4 rings (SSSR count). The summed E-state index contributed by atoms with van der Waals surface area (Å²) in [5.74, 6) is -0.327. The molecule has 5 heteroatoms. The van der Waals surface area contributed by atoms with Crippen LogP contribution in [0.3, 0.4) is 0 Å². The number of aryl methyl sites for hydroxylation is 2. The van der Waals surface area contributed by atoms with Crippen LogP contribution in [-0.4, -0.2) is 20.6 Å². The van der Waals surface area contributed by atoms with Gasteiger partial charge >= 0.3 is 5.97 Å². The second-order valence-electron chi connectivity index (χ2n) is 7.85. The Morgan fingerprint density at radius 1 is 1.36 bits per heavy atom. The summed E-state index contributed by atoms with van der Waals surface area (Å²) < 4.78 is 1.59. The van der Waals surface area contributed by atoms with Crippen LogP contribution in [-0.2, 0) is 11.2 Å². The predicted molar refractivity (Wildman–Crippen MR) is 110 cm³/mol. The van der Waals surface area contributed by atoms with Crippen molar-refractivity contribution in [3.8, 4) is 0 Å². The maximum Gasteiger partial charge on any atom is 0.315 e. The molecule has 2 unspecified atom stereocenters. The number of hydrogen-bond acceptors (Lipinski definition) is 3. The van der Waals surface area contributed by atoms with Crippen molar-refractivity contribution >= 4 is 24.2 Å². The maximum absolute atomic E-state index is 13.2. The van der Waals surface area contributed by atoms with Gasteiger partial charge in [-0.2, -0.15) is 0 Å². The third kappa shape index (κ3) is 2.82. The van der Waals surface area contributed by atoms with E-state index in [-0.39, 0.29) is 11.6 Å². The summed E-state index contributed by atoms with van der Waals surface area (Å²) in [5.41, 5.74) is 3.74. The van der Waals surface area contributed by atoms with E-state index in [9.17, 15) is 14.7 Å². The Kier molecular flexibility index (Phi) is 4.33. The lowest BCUT2D eigenvalue weighted by Crippen LogP contribution is -2.32. The van der Waals surface area contributed by atoms with Crippen LogP contribution in [0.15, 0.2) is 29.1 Å². The van der Waals surface area contributed by atoms with Crippen LogP contribution in [0.5, 0.6) is 0 Å². The summed E-state index contributed by atoms with van der Waals surface area (Å²) in [6.45, 7) is 6.14. The first kappa shape index (κ1) is 18.4. The average molecular weight is 376 g/mol. The summed E-state index contributed by atoms with van der Waals surface area (Å²) in [6.07, 6.45) is 9.20. The third-order valence-corrected chi connectivity index (χ3v) is 5.83. The Hall–Kier alpha value is -2.95. The van der Waals surface area contributed by atoms with E-state index in [1.54, 1.807) is 16.7 Å². The Bertz CT molecular complexity index is 1090. The molecule has 2 aliphatic rings. The van der Waals surface area contributed by atoms with Crippen molar-refractivity contribution in [1.82, 2.24) is 9.55 Å². The lowest BCUT2D eigenvalue weighted by molar-refractivity contribution is -0.141. The van der Waals surface area contributed by atoms with Crippen LogP contribution in [0.4, 0.5) is 0 Å². The molecule has 1 aliphatic heterocycles. The highest BCUT2D eigenvalue weighted by molar-refractivity contribution is 5.84. The minimum atomic E-state index is -0.933. The summed E-state index contributed by atoms with van der Waals surface area (Å²) in [7, 11) is 0. The van der Waals surface area contributed by atoms with E-state index in [0.29, 0.717) is 29.9 Å². The third-order valence-electron chi connectivity index (χ3n) is 5.83. The van der Waals surface area contributed by atoms with Crippen LogP contribution < -0.4 is 5.56 Å². The zero-order valence-electron chi connectivity index (χ0n) is 16.4. The Labute approximate surface area is 164 Å². The highest BCUT2D eigenvalue weighted by Crippen LogP contribution is 2.59. The summed E-state index contributed by atoms with van der Waals surface area (Å²) in [5, 5.41) is 9.54. The van der Waals surface area contributed by atoms with Gasteiger partial charge in [0.2, 0.25) is 0 Å². The topological polar surface area (TPSA) is 72.2 Å². The lowest BCUT2D eigenvalue weighted by Gasteiger charge is -2.19. The fourth-order valence-electron chi connectivity index (χ4n) is 4.04. The number of aliphatic carboxylic acids is 1. The number of hydrogen-bond donors (Lipinski definition) is 1. The predicted octanol–water partition coefficient (Wildman–Crippen LogP) is 4.03. The molecule has 144 valence electrons. The molecule has 2 heterocycles. The Morgan fingerprint density at radius 3 is 2.86 bits per heavy atom. The van der Waals surface area contributed by atoms with Gasteiger partial charge in [-0.25, -0.2) is 4.98 Å². The molecule has 1 fully saturated rings. The number of benzene rings is 1. The van der Waals surface area contributed by atoms with Crippen molar-refractivity contribution in [2.45, 2.75) is 46.1 Å². The molecule has 0 radical (unpaired) electrons. The Morgan fingerprint density at radius 2 is 2.14 bits per heavy atom. The van der Waals surface area contributed by atoms with Gasteiger partial charge in [0.15, 0.2) is 0 Å². The number of rotatable bonds is 5. The van der Waals surface area contributed by atoms with Crippen molar-refractivity contribution in [3.63, 3.8) is 0 Å². The molecule has 1 aromatic heterocycles. The van der Waals surface area contributed by atoms with Crippen molar-refractivity contribution in [1.29, 1.82) is 0 Å². The molecule has 0 saturated heterocycles. The first-order valence-corrected chi connectivity index (χ1v) is 9.71. The highest BCUT2D eigenvalue weighted by Gasteiger charge is 2.62. The monoisotopic (exact) mass is 376 g/mol. The molecule has 1 N–H and O–H groups in total. The molecule has 5 nitrogen and oxygen atoms in total. The normalized spacial score (nSPS) is 22.2. The zero-order valence-corrected chi connectivity index (χ0v) is 16.4. The van der Waals surface area contributed by atoms with E-state index in [1.807, 2.05) is 19.1 Å². The van der Waals surface area contributed by atoms with Gasteiger partial charge in [-0.3, -0.25) is 14.2 Å². The number of nitrogens with zero attached hydrogens (tertiary/aromatic N) is 2. The Balaban J connectivity index is 1.81. The summed E-state index contributed by atoms with van der Waals surface area (Å²) in [6, 6.07) is 5.95. The number of carboxylic acid groups (broad SMARTS) is 1. The molecule has 2 atom stereocenters. The van der Waals surface area contributed by atoms with Gasteiger partial charge < -0.3 is 5.11 Å².